The molecule has 9 nitrogen and oxygen atoms in total. The number of hydrogen-bond donors (Lipinski definition) is 2. The molecule has 1 aliphatic carbocycles. The minimum Gasteiger partial charge on any atom is -0.386 e. The maximum atomic E-state index is 11.9. The Bertz CT molecular complexity index is 1230. The van der Waals surface area contributed by atoms with Crippen LogP contribution in [0.15, 0.2) is 36.5 Å². The molecular weight excluding hydrogens is 370 g/mol. The topological polar surface area (TPSA) is 110 Å². The van der Waals surface area contributed by atoms with Gasteiger partial charge in [-0.25, -0.2) is 14.2 Å². The number of carbonyl (C=O) groups excluding carboxylic acids is 1. The Morgan fingerprint density at radius 2 is 2.10 bits per heavy atom. The van der Waals surface area contributed by atoms with Gasteiger partial charge in [0.05, 0.1) is 29.6 Å². The highest BCUT2D eigenvalue weighted by atomic mass is 16.3. The number of aliphatic hydroxyl groups is 1. The van der Waals surface area contributed by atoms with E-state index in [4.69, 9.17) is 0 Å². The normalized spacial score (nSPS) is 14.6. The maximum absolute atomic E-state index is 11.9. The van der Waals surface area contributed by atoms with Crippen LogP contribution >= 0.6 is 0 Å². The lowest BCUT2D eigenvalue weighted by Gasteiger charge is -2.17. The van der Waals surface area contributed by atoms with Crippen LogP contribution in [0.3, 0.4) is 0 Å². The summed E-state index contributed by atoms with van der Waals surface area (Å²) in [6, 6.07) is 9.34. The van der Waals surface area contributed by atoms with Gasteiger partial charge in [-0.1, -0.05) is 11.3 Å². The molecule has 0 radical (unpaired) electrons. The second kappa shape index (κ2) is 6.35. The van der Waals surface area contributed by atoms with E-state index < -0.39 is 5.60 Å². The number of rotatable bonds is 5. The molecule has 4 aromatic rings. The van der Waals surface area contributed by atoms with E-state index in [0.717, 1.165) is 35.1 Å². The molecule has 0 saturated heterocycles. The summed E-state index contributed by atoms with van der Waals surface area (Å²) in [5, 5.41) is 26.1. The summed E-state index contributed by atoms with van der Waals surface area (Å²) >= 11 is 0. The van der Waals surface area contributed by atoms with Gasteiger partial charge in [0.25, 0.3) is 0 Å². The number of hydrogen-bond acceptors (Lipinski definition) is 6. The molecule has 1 aliphatic rings. The van der Waals surface area contributed by atoms with E-state index in [9.17, 15) is 9.90 Å². The SMILES string of the molecule is CC(C)(O)c1ccc2nnn(Cc3ccc4nc(NC(=O)C5CC5)cn4n3)c2c1. The average Bonchev–Trinajstić information content (AvgIpc) is 3.35. The van der Waals surface area contributed by atoms with Crippen LogP contribution in [0, 0.1) is 5.92 Å². The zero-order valence-electron chi connectivity index (χ0n) is 16.2. The molecule has 1 amide bonds. The van der Waals surface area contributed by atoms with E-state index >= 15 is 0 Å². The van der Waals surface area contributed by atoms with E-state index in [1.165, 1.54) is 0 Å². The lowest BCUT2D eigenvalue weighted by Crippen LogP contribution is -2.15. The van der Waals surface area contributed by atoms with Gasteiger partial charge in [0.1, 0.15) is 5.52 Å². The van der Waals surface area contributed by atoms with Crippen molar-refractivity contribution in [1.82, 2.24) is 29.6 Å². The van der Waals surface area contributed by atoms with Gasteiger partial charge < -0.3 is 10.4 Å². The van der Waals surface area contributed by atoms with E-state index in [1.807, 2.05) is 30.3 Å². The monoisotopic (exact) mass is 391 g/mol. The second-order valence-electron chi connectivity index (χ2n) is 8.03. The Morgan fingerprint density at radius 1 is 1.28 bits per heavy atom. The predicted octanol–water partition coefficient (Wildman–Crippen LogP) is 2.10. The molecular formula is C20H21N7O2. The molecule has 29 heavy (non-hydrogen) atoms. The maximum Gasteiger partial charge on any atom is 0.228 e. The van der Waals surface area contributed by atoms with E-state index in [2.05, 4.69) is 25.7 Å². The zero-order chi connectivity index (χ0) is 20.2. The van der Waals surface area contributed by atoms with Crippen LogP contribution in [0.1, 0.15) is 37.9 Å². The summed E-state index contributed by atoms with van der Waals surface area (Å²) in [6.45, 7) is 3.91. The molecule has 0 unspecified atom stereocenters. The van der Waals surface area contributed by atoms with Crippen molar-refractivity contribution in [1.29, 1.82) is 0 Å². The Labute approximate surface area is 166 Å². The zero-order valence-corrected chi connectivity index (χ0v) is 16.2. The van der Waals surface area contributed by atoms with Crippen molar-refractivity contribution in [3.05, 3.63) is 47.8 Å². The summed E-state index contributed by atoms with van der Waals surface area (Å²) in [5.41, 5.74) is 2.87. The van der Waals surface area contributed by atoms with Gasteiger partial charge in [-0.05, 0) is 56.5 Å². The van der Waals surface area contributed by atoms with E-state index in [0.29, 0.717) is 18.0 Å². The molecule has 9 heteroatoms. The summed E-state index contributed by atoms with van der Waals surface area (Å²) in [7, 11) is 0. The van der Waals surface area contributed by atoms with Crippen molar-refractivity contribution in [3.63, 3.8) is 0 Å². The number of benzene rings is 1. The number of amides is 1. The quantitative estimate of drug-likeness (QED) is 0.539. The number of imidazole rings is 1. The van der Waals surface area contributed by atoms with Crippen LogP contribution in [0.2, 0.25) is 0 Å². The van der Waals surface area contributed by atoms with Gasteiger partial charge in [-0.2, -0.15) is 5.10 Å². The molecule has 0 atom stereocenters. The summed E-state index contributed by atoms with van der Waals surface area (Å²) in [5.74, 6) is 0.649. The fraction of sp³-hybridized carbons (Fsp3) is 0.350. The standard InChI is InChI=1S/C20H21N7O2/c1-20(2,29)13-5-7-15-16(9-13)26(25-23-15)10-14-6-8-18-21-17(11-27(18)24-14)22-19(28)12-3-4-12/h5-9,11-12,29H,3-4,10H2,1-2H3,(H,22,28). The van der Waals surface area contributed by atoms with Crippen LogP contribution in [-0.2, 0) is 16.9 Å². The van der Waals surface area contributed by atoms with Gasteiger partial charge in [0.2, 0.25) is 5.91 Å². The molecule has 0 aliphatic heterocycles. The third kappa shape index (κ3) is 3.44. The first-order chi connectivity index (χ1) is 13.9. The van der Waals surface area contributed by atoms with Crippen molar-refractivity contribution in [2.24, 2.45) is 5.92 Å². The molecule has 5 rings (SSSR count). The van der Waals surface area contributed by atoms with Crippen molar-refractivity contribution >= 4 is 28.4 Å². The van der Waals surface area contributed by atoms with Crippen molar-refractivity contribution in [2.75, 3.05) is 5.32 Å². The number of fused-ring (bicyclic) bond motifs is 2. The average molecular weight is 391 g/mol. The minimum absolute atomic E-state index is 0.0188. The molecule has 3 aromatic heterocycles. The second-order valence-corrected chi connectivity index (χ2v) is 8.03. The predicted molar refractivity (Wildman–Crippen MR) is 106 cm³/mol. The van der Waals surface area contributed by atoms with Crippen LogP contribution in [0.4, 0.5) is 5.82 Å². The number of nitrogens with zero attached hydrogens (tertiary/aromatic N) is 6. The third-order valence-electron chi connectivity index (χ3n) is 5.11. The van der Waals surface area contributed by atoms with Gasteiger partial charge in [-0.3, -0.25) is 4.79 Å². The Morgan fingerprint density at radius 3 is 2.86 bits per heavy atom. The van der Waals surface area contributed by atoms with Crippen LogP contribution in [0.25, 0.3) is 16.7 Å². The lowest BCUT2D eigenvalue weighted by molar-refractivity contribution is -0.117. The molecule has 0 spiro atoms. The van der Waals surface area contributed by atoms with E-state index in [-0.39, 0.29) is 11.8 Å². The van der Waals surface area contributed by atoms with Gasteiger partial charge in [-0.15, -0.1) is 5.10 Å². The van der Waals surface area contributed by atoms with Crippen molar-refractivity contribution < 1.29 is 9.90 Å². The Hall–Kier alpha value is -3.33. The summed E-state index contributed by atoms with van der Waals surface area (Å²) in [4.78, 5) is 16.3. The van der Waals surface area contributed by atoms with Crippen LogP contribution in [-0.4, -0.2) is 40.6 Å². The molecule has 1 aromatic carbocycles. The first-order valence-electron chi connectivity index (χ1n) is 9.59. The molecule has 3 heterocycles. The fourth-order valence-electron chi connectivity index (χ4n) is 3.26. The molecule has 0 bridgehead atoms. The smallest absolute Gasteiger partial charge is 0.228 e. The number of carbonyl (C=O) groups is 1. The Kier molecular flexibility index (Phi) is 3.88. The van der Waals surface area contributed by atoms with Gasteiger partial charge >= 0.3 is 0 Å². The first-order valence-corrected chi connectivity index (χ1v) is 9.59. The molecule has 1 fully saturated rings. The van der Waals surface area contributed by atoms with Crippen LogP contribution in [0.5, 0.6) is 0 Å². The largest absolute Gasteiger partial charge is 0.386 e. The van der Waals surface area contributed by atoms with Crippen molar-refractivity contribution in [3.8, 4) is 0 Å². The van der Waals surface area contributed by atoms with Gasteiger partial charge in [0.15, 0.2) is 11.5 Å². The molecule has 148 valence electrons. The fourth-order valence-corrected chi connectivity index (χ4v) is 3.26. The molecule has 2 N–H and O–H groups in total. The Balaban J connectivity index is 1.43. The number of anilines is 1. The van der Waals surface area contributed by atoms with E-state index in [1.54, 1.807) is 29.2 Å². The summed E-state index contributed by atoms with van der Waals surface area (Å²) in [6.07, 6.45) is 3.61. The summed E-state index contributed by atoms with van der Waals surface area (Å²) < 4.78 is 3.41. The minimum atomic E-state index is -0.946. The highest BCUT2D eigenvalue weighted by Gasteiger charge is 2.30. The third-order valence-corrected chi connectivity index (χ3v) is 5.11. The molecule has 1 saturated carbocycles. The number of nitrogens with one attached hydrogen (secondary N) is 1. The first kappa shape index (κ1) is 17.7. The highest BCUT2D eigenvalue weighted by molar-refractivity contribution is 5.93. The number of aromatic nitrogens is 6. The van der Waals surface area contributed by atoms with Crippen LogP contribution < -0.4 is 5.32 Å². The van der Waals surface area contributed by atoms with Crippen molar-refractivity contribution in [2.45, 2.75) is 38.8 Å². The highest BCUT2D eigenvalue weighted by Crippen LogP contribution is 2.30. The lowest BCUT2D eigenvalue weighted by atomic mass is 9.98. The van der Waals surface area contributed by atoms with Gasteiger partial charge in [0, 0.05) is 5.92 Å².